The number of benzene rings is 19. The minimum absolute atomic E-state index is 0.901. The summed E-state index contributed by atoms with van der Waals surface area (Å²) in [6.45, 7) is 0. The lowest BCUT2D eigenvalue weighted by atomic mass is 9.86. The molecule has 4 heterocycles. The quantitative estimate of drug-likeness (QED) is 0.135. The van der Waals surface area contributed by atoms with Gasteiger partial charge in [0.1, 0.15) is 22.3 Å². The highest BCUT2D eigenvalue weighted by Crippen LogP contribution is 2.48. The van der Waals surface area contributed by atoms with Gasteiger partial charge >= 0.3 is 0 Å². The lowest BCUT2D eigenvalue weighted by molar-refractivity contribution is 0.668. The van der Waals surface area contributed by atoms with Crippen LogP contribution in [0.4, 0.5) is 0 Å². The van der Waals surface area contributed by atoms with Crippen LogP contribution in [-0.4, -0.2) is 9.13 Å². The van der Waals surface area contributed by atoms with E-state index in [0.717, 1.165) is 55.3 Å². The fraction of sp³-hybridized carbons (Fsp3) is 0. The number of rotatable bonds is 9. The molecule has 19 aromatic carbocycles. The molecule has 110 heavy (non-hydrogen) atoms. The van der Waals surface area contributed by atoms with Gasteiger partial charge in [-0.2, -0.15) is 0 Å². The summed E-state index contributed by atoms with van der Waals surface area (Å²) in [5.74, 6) is 0. The molecule has 4 aromatic heterocycles. The van der Waals surface area contributed by atoms with E-state index in [1.807, 2.05) is 12.1 Å². The van der Waals surface area contributed by atoms with E-state index >= 15 is 0 Å². The van der Waals surface area contributed by atoms with Crippen molar-refractivity contribution in [3.05, 3.63) is 400 Å². The Morgan fingerprint density at radius 2 is 0.364 bits per heavy atom. The van der Waals surface area contributed by atoms with E-state index in [9.17, 15) is 0 Å². The van der Waals surface area contributed by atoms with Crippen LogP contribution in [0, 0.1) is 0 Å². The largest absolute Gasteiger partial charge is 0.456 e. The third kappa shape index (κ3) is 10.2. The van der Waals surface area contributed by atoms with Gasteiger partial charge < -0.3 is 18.0 Å². The van der Waals surface area contributed by atoms with Crippen molar-refractivity contribution >= 4 is 131 Å². The van der Waals surface area contributed by atoms with Crippen LogP contribution in [0.5, 0.6) is 0 Å². The molecule has 23 aromatic rings. The van der Waals surface area contributed by atoms with Gasteiger partial charge in [-0.3, -0.25) is 0 Å². The van der Waals surface area contributed by atoms with Gasteiger partial charge in [0.05, 0.1) is 22.1 Å². The van der Waals surface area contributed by atoms with Crippen LogP contribution in [0.3, 0.4) is 0 Å². The maximum atomic E-state index is 6.31. The molecule has 0 saturated carbocycles. The molecule has 4 nitrogen and oxygen atoms in total. The first kappa shape index (κ1) is 62.8. The summed E-state index contributed by atoms with van der Waals surface area (Å²) < 4.78 is 17.2. The Morgan fingerprint density at radius 1 is 0.136 bits per heavy atom. The summed E-state index contributed by atoms with van der Waals surface area (Å²) in [6, 6.07) is 145. The van der Waals surface area contributed by atoms with Crippen molar-refractivity contribution in [1.82, 2.24) is 9.13 Å². The zero-order valence-corrected chi connectivity index (χ0v) is 59.8. The smallest absolute Gasteiger partial charge is 0.135 e. The van der Waals surface area contributed by atoms with Crippen LogP contribution in [0.2, 0.25) is 0 Å². The standard InChI is InChI=1S/C56H35NO.C50H31NO/c1-3-13-36(14-4-1)39-26-31-53-49(34-39)50-35-41(27-32-54(50)58-53)40-25-30-52-48(33-40)43-17-11-12-22-51(43)57(52)42-28-23-38(24-29-42)56-46-20-9-7-18-44(46)55(37-15-5-2-6-16-37)45-19-8-10-21-47(45)56;1-2-12-32(13-3-1)49-39-16-4-6-18-41(39)50(42-19-7-5-17-40(42)49)33-22-26-36(27-23-33)51-45-20-10-8-14-37(45)43-30-34(24-28-46(43)51)35-25-29-48-44(31-35)38-15-9-11-21-47(38)52-48/h1-35H;1-31H. The maximum Gasteiger partial charge on any atom is 0.135 e. The molecule has 0 N–H and O–H groups in total. The van der Waals surface area contributed by atoms with Gasteiger partial charge in [0, 0.05) is 54.5 Å². The number of hydrogen-bond acceptors (Lipinski definition) is 2. The first-order valence-electron chi connectivity index (χ1n) is 37.8. The van der Waals surface area contributed by atoms with Gasteiger partial charge in [-0.15, -0.1) is 0 Å². The molecule has 0 bridgehead atoms. The highest BCUT2D eigenvalue weighted by molar-refractivity contribution is 6.24. The second-order valence-electron chi connectivity index (χ2n) is 28.9. The Kier molecular flexibility index (Phi) is 14.6. The molecule has 0 radical (unpaired) electrons. The summed E-state index contributed by atoms with van der Waals surface area (Å²) in [5.41, 5.74) is 27.8. The van der Waals surface area contributed by atoms with Crippen LogP contribution in [0.25, 0.3) is 220 Å². The van der Waals surface area contributed by atoms with Gasteiger partial charge in [-0.25, -0.2) is 0 Å². The number of nitrogens with zero attached hydrogens (tertiary/aromatic N) is 2. The van der Waals surface area contributed by atoms with E-state index < -0.39 is 0 Å². The Balaban J connectivity index is 0.000000136. The van der Waals surface area contributed by atoms with E-state index in [1.54, 1.807) is 0 Å². The van der Waals surface area contributed by atoms with Crippen molar-refractivity contribution in [1.29, 1.82) is 0 Å². The number of aromatic nitrogens is 2. The number of furan rings is 2. The van der Waals surface area contributed by atoms with Crippen molar-refractivity contribution in [2.24, 2.45) is 0 Å². The summed E-state index contributed by atoms with van der Waals surface area (Å²) in [6.07, 6.45) is 0. The Labute approximate surface area is 634 Å². The molecule has 0 aliphatic rings. The molecule has 0 aliphatic heterocycles. The van der Waals surface area contributed by atoms with Gasteiger partial charge in [0.2, 0.25) is 0 Å². The lowest BCUT2D eigenvalue weighted by Crippen LogP contribution is -1.94. The summed E-state index contributed by atoms with van der Waals surface area (Å²) in [4.78, 5) is 0. The predicted octanol–water partition coefficient (Wildman–Crippen LogP) is 29.6. The van der Waals surface area contributed by atoms with Crippen molar-refractivity contribution < 1.29 is 8.83 Å². The highest BCUT2D eigenvalue weighted by Gasteiger charge is 2.22. The maximum absolute atomic E-state index is 6.31. The Bertz CT molecular complexity index is 7490. The molecule has 0 amide bonds. The van der Waals surface area contributed by atoms with Crippen molar-refractivity contribution in [2.75, 3.05) is 0 Å². The molecule has 0 saturated heterocycles. The van der Waals surface area contributed by atoms with Crippen LogP contribution >= 0.6 is 0 Å². The van der Waals surface area contributed by atoms with Crippen molar-refractivity contribution in [3.63, 3.8) is 0 Å². The molecule has 0 unspecified atom stereocenters. The minimum atomic E-state index is 0.901. The molecular weight excluding hydrogens is 1330 g/mol. The Hall–Kier alpha value is -14.6. The van der Waals surface area contributed by atoms with E-state index in [-0.39, 0.29) is 0 Å². The third-order valence-corrected chi connectivity index (χ3v) is 22.8. The normalized spacial score (nSPS) is 11.8. The third-order valence-electron chi connectivity index (χ3n) is 22.8. The van der Waals surface area contributed by atoms with Crippen molar-refractivity contribution in [3.8, 4) is 89.3 Å². The fourth-order valence-electron chi connectivity index (χ4n) is 17.8. The molecule has 0 aliphatic carbocycles. The van der Waals surface area contributed by atoms with Crippen molar-refractivity contribution in [2.45, 2.75) is 0 Å². The average Bonchev–Trinajstić information content (AvgIpc) is 1.26. The van der Waals surface area contributed by atoms with Gasteiger partial charge in [0.25, 0.3) is 0 Å². The molecule has 23 rings (SSSR count). The highest BCUT2D eigenvalue weighted by atomic mass is 16.3. The zero-order valence-electron chi connectivity index (χ0n) is 59.8. The number of hydrogen-bond donors (Lipinski definition) is 0. The zero-order chi connectivity index (χ0) is 72.3. The van der Waals surface area contributed by atoms with E-state index in [2.05, 4.69) is 397 Å². The van der Waals surface area contributed by atoms with Gasteiger partial charge in [-0.1, -0.05) is 297 Å². The van der Waals surface area contributed by atoms with Gasteiger partial charge in [0.15, 0.2) is 0 Å². The summed E-state index contributed by atoms with van der Waals surface area (Å²) in [5, 5.41) is 19.6. The first-order chi connectivity index (χ1) is 54.6. The summed E-state index contributed by atoms with van der Waals surface area (Å²) in [7, 11) is 0. The minimum Gasteiger partial charge on any atom is -0.456 e. The molecule has 4 heteroatoms. The molecular formula is C106H66N2O2. The summed E-state index contributed by atoms with van der Waals surface area (Å²) >= 11 is 0. The topological polar surface area (TPSA) is 36.1 Å². The van der Waals surface area contributed by atoms with Crippen LogP contribution in [0.1, 0.15) is 0 Å². The average molecular weight is 1400 g/mol. The van der Waals surface area contributed by atoms with E-state index in [0.29, 0.717) is 0 Å². The second kappa shape index (κ2) is 25.6. The molecule has 0 atom stereocenters. The van der Waals surface area contributed by atoms with E-state index in [4.69, 9.17) is 8.83 Å². The fourth-order valence-corrected chi connectivity index (χ4v) is 17.8. The Morgan fingerprint density at radius 3 is 0.718 bits per heavy atom. The molecule has 0 spiro atoms. The number of fused-ring (bicyclic) bond motifs is 16. The first-order valence-corrected chi connectivity index (χ1v) is 37.8. The monoisotopic (exact) mass is 1400 g/mol. The number of para-hydroxylation sites is 3. The predicted molar refractivity (Wildman–Crippen MR) is 464 cm³/mol. The molecule has 0 fully saturated rings. The van der Waals surface area contributed by atoms with Gasteiger partial charge in [-0.05, 0) is 224 Å². The second-order valence-corrected chi connectivity index (χ2v) is 28.9. The van der Waals surface area contributed by atoms with E-state index in [1.165, 1.54) is 165 Å². The lowest BCUT2D eigenvalue weighted by Gasteiger charge is -2.18. The SMILES string of the molecule is c1ccc(-c2c3ccccc3c(-c3ccc(-n4c5ccccc5c5cc(-c6ccc7oc8ccccc8c7c6)ccc54)cc3)c3ccccc23)cc1.c1ccc(-c2ccc3oc4ccc(-c5ccc6c(c5)c5ccccc5n6-c5ccc(-c6c7ccccc7c(-c7ccccc7)c7ccccc67)cc5)cc4c3c2)cc1. The molecule has 512 valence electrons. The van der Waals surface area contributed by atoms with Crippen LogP contribution in [-0.2, 0) is 0 Å². The van der Waals surface area contributed by atoms with Crippen LogP contribution < -0.4 is 0 Å². The van der Waals surface area contributed by atoms with Crippen LogP contribution in [0.15, 0.2) is 409 Å².